The van der Waals surface area contributed by atoms with Crippen LogP contribution in [0, 0.1) is 11.8 Å². The SMILES string of the molecule is COc1ccc(CCN2CC(C(=O)N3CC4CC(C3)c3cccc(=O)n3C4)CC2=O)cc1OC. The largest absolute Gasteiger partial charge is 0.493 e. The highest BCUT2D eigenvalue weighted by molar-refractivity contribution is 5.89. The molecule has 3 aliphatic heterocycles. The third-order valence-corrected chi connectivity index (χ3v) is 7.47. The van der Waals surface area contributed by atoms with E-state index in [1.165, 1.54) is 0 Å². The van der Waals surface area contributed by atoms with Crippen molar-refractivity contribution in [3.05, 3.63) is 58.0 Å². The summed E-state index contributed by atoms with van der Waals surface area (Å²) in [5.74, 6) is 1.62. The van der Waals surface area contributed by atoms with E-state index in [1.807, 2.05) is 33.7 Å². The van der Waals surface area contributed by atoms with Crippen LogP contribution in [0.1, 0.15) is 30.0 Å². The van der Waals surface area contributed by atoms with Crippen LogP contribution in [0.3, 0.4) is 0 Å². The van der Waals surface area contributed by atoms with E-state index in [0.717, 1.165) is 17.7 Å². The first-order valence-corrected chi connectivity index (χ1v) is 11.9. The number of piperidine rings is 1. The molecule has 8 nitrogen and oxygen atoms in total. The number of benzene rings is 1. The first-order valence-electron chi connectivity index (χ1n) is 11.9. The zero-order chi connectivity index (χ0) is 23.8. The van der Waals surface area contributed by atoms with Crippen LogP contribution in [0.2, 0.25) is 0 Å². The van der Waals surface area contributed by atoms with Gasteiger partial charge in [0.2, 0.25) is 11.8 Å². The molecule has 180 valence electrons. The Morgan fingerprint density at radius 2 is 1.82 bits per heavy atom. The van der Waals surface area contributed by atoms with Gasteiger partial charge in [-0.2, -0.15) is 0 Å². The quantitative estimate of drug-likeness (QED) is 0.651. The zero-order valence-electron chi connectivity index (χ0n) is 19.7. The topological polar surface area (TPSA) is 81.1 Å². The molecule has 2 bridgehead atoms. The molecule has 1 aromatic heterocycles. The summed E-state index contributed by atoms with van der Waals surface area (Å²) >= 11 is 0. The molecule has 2 fully saturated rings. The Kier molecular flexibility index (Phi) is 6.06. The van der Waals surface area contributed by atoms with E-state index in [2.05, 4.69) is 0 Å². The second kappa shape index (κ2) is 9.16. The molecule has 0 radical (unpaired) electrons. The Bertz CT molecular complexity index is 1160. The number of hydrogen-bond acceptors (Lipinski definition) is 5. The van der Waals surface area contributed by atoms with E-state index in [9.17, 15) is 14.4 Å². The smallest absolute Gasteiger partial charge is 0.250 e. The Labute approximate surface area is 199 Å². The number of pyridine rings is 1. The molecule has 8 heteroatoms. The fourth-order valence-corrected chi connectivity index (χ4v) is 5.79. The number of amides is 2. The average Bonchev–Trinajstić information content (AvgIpc) is 3.23. The number of rotatable bonds is 6. The highest BCUT2D eigenvalue weighted by Gasteiger charge is 2.41. The number of methoxy groups -OCH3 is 2. The predicted molar refractivity (Wildman–Crippen MR) is 126 cm³/mol. The lowest BCUT2D eigenvalue weighted by atomic mass is 9.82. The average molecular weight is 466 g/mol. The van der Waals surface area contributed by atoms with Gasteiger partial charge < -0.3 is 23.8 Å². The van der Waals surface area contributed by atoms with Gasteiger partial charge in [-0.3, -0.25) is 14.4 Å². The van der Waals surface area contributed by atoms with Gasteiger partial charge in [-0.15, -0.1) is 0 Å². The van der Waals surface area contributed by atoms with Crippen molar-refractivity contribution in [3.63, 3.8) is 0 Å². The number of ether oxygens (including phenoxy) is 2. The molecule has 2 aromatic rings. The number of aromatic nitrogens is 1. The molecular weight excluding hydrogens is 434 g/mol. The van der Waals surface area contributed by atoms with E-state index in [4.69, 9.17) is 9.47 Å². The molecule has 0 aliphatic carbocycles. The molecule has 34 heavy (non-hydrogen) atoms. The normalized spacial score (nSPS) is 23.6. The van der Waals surface area contributed by atoms with Gasteiger partial charge in [-0.05, 0) is 42.5 Å². The van der Waals surface area contributed by atoms with Crippen LogP contribution < -0.4 is 15.0 Å². The molecule has 3 atom stereocenters. The molecule has 2 amide bonds. The van der Waals surface area contributed by atoms with Gasteiger partial charge in [0.1, 0.15) is 0 Å². The number of likely N-dealkylation sites (tertiary alicyclic amines) is 2. The molecule has 5 rings (SSSR count). The minimum absolute atomic E-state index is 0.0351. The van der Waals surface area contributed by atoms with Gasteiger partial charge in [-0.25, -0.2) is 0 Å². The van der Waals surface area contributed by atoms with Crippen molar-refractivity contribution in [3.8, 4) is 11.5 Å². The number of fused-ring (bicyclic) bond motifs is 4. The van der Waals surface area contributed by atoms with Crippen molar-refractivity contribution in [2.45, 2.75) is 31.7 Å². The van der Waals surface area contributed by atoms with Crippen molar-refractivity contribution in [1.29, 1.82) is 0 Å². The van der Waals surface area contributed by atoms with Gasteiger partial charge in [0.05, 0.1) is 20.1 Å². The fraction of sp³-hybridized carbons (Fsp3) is 0.500. The van der Waals surface area contributed by atoms with Crippen LogP contribution >= 0.6 is 0 Å². The molecule has 3 unspecified atom stereocenters. The lowest BCUT2D eigenvalue weighted by Crippen LogP contribution is -2.50. The summed E-state index contributed by atoms with van der Waals surface area (Å²) in [5, 5.41) is 0. The molecular formula is C26H31N3O5. The zero-order valence-corrected chi connectivity index (χ0v) is 19.7. The first kappa shape index (κ1) is 22.5. The van der Waals surface area contributed by atoms with Crippen LogP contribution in [-0.2, 0) is 22.6 Å². The minimum atomic E-state index is -0.297. The number of carbonyl (C=O) groups is 2. The predicted octanol–water partition coefficient (Wildman–Crippen LogP) is 1.90. The highest BCUT2D eigenvalue weighted by atomic mass is 16.5. The third kappa shape index (κ3) is 4.17. The maximum absolute atomic E-state index is 13.4. The van der Waals surface area contributed by atoms with E-state index < -0.39 is 0 Å². The Morgan fingerprint density at radius 1 is 1.00 bits per heavy atom. The van der Waals surface area contributed by atoms with E-state index >= 15 is 0 Å². The Hall–Kier alpha value is -3.29. The minimum Gasteiger partial charge on any atom is -0.493 e. The summed E-state index contributed by atoms with van der Waals surface area (Å²) in [6.45, 7) is 2.98. The molecule has 3 aliphatic rings. The lowest BCUT2D eigenvalue weighted by Gasteiger charge is -2.43. The fourth-order valence-electron chi connectivity index (χ4n) is 5.79. The summed E-state index contributed by atoms with van der Waals surface area (Å²) in [6.07, 6.45) is 1.97. The van der Waals surface area contributed by atoms with Crippen molar-refractivity contribution >= 4 is 11.8 Å². The molecule has 4 heterocycles. The Morgan fingerprint density at radius 3 is 2.62 bits per heavy atom. The van der Waals surface area contributed by atoms with E-state index in [0.29, 0.717) is 50.6 Å². The van der Waals surface area contributed by atoms with Gasteiger partial charge in [0.15, 0.2) is 11.5 Å². The molecule has 0 N–H and O–H groups in total. The maximum Gasteiger partial charge on any atom is 0.250 e. The van der Waals surface area contributed by atoms with Gasteiger partial charge in [0, 0.05) is 56.8 Å². The van der Waals surface area contributed by atoms with Crippen molar-refractivity contribution in [1.82, 2.24) is 14.4 Å². The summed E-state index contributed by atoms with van der Waals surface area (Å²) < 4.78 is 12.5. The van der Waals surface area contributed by atoms with Crippen LogP contribution in [0.25, 0.3) is 0 Å². The number of carbonyl (C=O) groups excluding carboxylic acids is 2. The summed E-state index contributed by atoms with van der Waals surface area (Å²) in [6, 6.07) is 11.2. The third-order valence-electron chi connectivity index (χ3n) is 7.47. The van der Waals surface area contributed by atoms with Crippen LogP contribution in [-0.4, -0.2) is 66.6 Å². The van der Waals surface area contributed by atoms with E-state index in [1.54, 1.807) is 31.3 Å². The monoisotopic (exact) mass is 465 g/mol. The molecule has 0 saturated carbocycles. The van der Waals surface area contributed by atoms with E-state index in [-0.39, 0.29) is 41.5 Å². The Balaban J connectivity index is 1.21. The summed E-state index contributed by atoms with van der Waals surface area (Å²) in [7, 11) is 3.21. The first-order chi connectivity index (χ1) is 16.5. The highest BCUT2D eigenvalue weighted by Crippen LogP contribution is 2.36. The molecule has 0 spiro atoms. The number of nitrogens with zero attached hydrogens (tertiary/aromatic N) is 3. The van der Waals surface area contributed by atoms with Gasteiger partial charge >= 0.3 is 0 Å². The standard InChI is InChI=1S/C26H31N3O5/c1-33-22-7-6-17(11-23(22)34-2)8-9-27-16-20(12-25(27)31)26(32)28-13-18-10-19(15-28)21-4-3-5-24(30)29(21)14-18/h3-7,11,18-20H,8-10,12-16H2,1-2H3. The second-order valence-electron chi connectivity index (χ2n) is 9.62. The van der Waals surface area contributed by atoms with Gasteiger partial charge in [0.25, 0.3) is 5.56 Å². The molecule has 2 saturated heterocycles. The van der Waals surface area contributed by atoms with Crippen molar-refractivity contribution < 1.29 is 19.1 Å². The second-order valence-corrected chi connectivity index (χ2v) is 9.62. The molecule has 1 aromatic carbocycles. The number of hydrogen-bond donors (Lipinski definition) is 0. The van der Waals surface area contributed by atoms with Crippen LogP contribution in [0.15, 0.2) is 41.2 Å². The van der Waals surface area contributed by atoms with Crippen molar-refractivity contribution in [2.75, 3.05) is 40.4 Å². The summed E-state index contributed by atoms with van der Waals surface area (Å²) in [4.78, 5) is 42.1. The van der Waals surface area contributed by atoms with Crippen LogP contribution in [0.4, 0.5) is 0 Å². The summed E-state index contributed by atoms with van der Waals surface area (Å²) in [5.41, 5.74) is 2.12. The van der Waals surface area contributed by atoms with Crippen LogP contribution in [0.5, 0.6) is 11.5 Å². The van der Waals surface area contributed by atoms with Gasteiger partial charge in [-0.1, -0.05) is 12.1 Å². The lowest BCUT2D eigenvalue weighted by molar-refractivity contribution is -0.138. The maximum atomic E-state index is 13.4. The van der Waals surface area contributed by atoms with Crippen molar-refractivity contribution in [2.24, 2.45) is 11.8 Å².